The predicted octanol–water partition coefficient (Wildman–Crippen LogP) is 6.61. The van der Waals surface area contributed by atoms with Crippen molar-refractivity contribution in [3.63, 3.8) is 0 Å². The molecule has 8 heteroatoms. The molecule has 1 saturated carbocycles. The van der Waals surface area contributed by atoms with Gasteiger partial charge in [-0.05, 0) is 50.4 Å². The molecule has 0 N–H and O–H groups in total. The van der Waals surface area contributed by atoms with Gasteiger partial charge in [0.25, 0.3) is 0 Å². The number of hydrogen-bond acceptors (Lipinski definition) is 0. The molecule has 0 aliphatic heterocycles. The third-order valence-electron chi connectivity index (χ3n) is 5.63. The molecule has 23 heavy (non-hydrogen) atoms. The first-order chi connectivity index (χ1) is 10.2. The van der Waals surface area contributed by atoms with E-state index < -0.39 is 29.6 Å². The molecule has 138 valence electrons. The van der Waals surface area contributed by atoms with Crippen molar-refractivity contribution in [3.8, 4) is 0 Å². The van der Waals surface area contributed by atoms with Gasteiger partial charge in [-0.15, -0.1) is 0 Å². The fraction of sp³-hybridized carbons (Fsp3) is 1.00. The van der Waals surface area contributed by atoms with Gasteiger partial charge in [0.1, 0.15) is 5.41 Å². The Morgan fingerprint density at radius 3 is 1.57 bits per heavy atom. The van der Waals surface area contributed by atoms with E-state index in [0.717, 1.165) is 6.42 Å². The quantitative estimate of drug-likeness (QED) is 0.499. The molecule has 1 fully saturated rings. The molecule has 0 nitrogen and oxygen atoms in total. The molecule has 0 amide bonds. The van der Waals surface area contributed by atoms with Crippen LogP contribution in [0.5, 0.6) is 0 Å². The van der Waals surface area contributed by atoms with Crippen molar-refractivity contribution in [2.24, 2.45) is 23.2 Å². The first kappa shape index (κ1) is 20.5. The van der Waals surface area contributed by atoms with Crippen LogP contribution in [0.25, 0.3) is 0 Å². The van der Waals surface area contributed by atoms with Crippen LogP contribution in [0.3, 0.4) is 0 Å². The van der Waals surface area contributed by atoms with Crippen LogP contribution >= 0.6 is 0 Å². The van der Waals surface area contributed by atoms with Gasteiger partial charge in [-0.2, -0.15) is 35.1 Å². The highest BCUT2D eigenvalue weighted by Crippen LogP contribution is 2.62. The molecule has 0 radical (unpaired) electrons. The summed E-state index contributed by atoms with van der Waals surface area (Å²) in [6.45, 7) is 3.85. The van der Waals surface area contributed by atoms with Gasteiger partial charge in [-0.1, -0.05) is 20.3 Å². The number of halogens is 8. The van der Waals surface area contributed by atoms with Gasteiger partial charge < -0.3 is 0 Å². The largest absolute Gasteiger partial charge is 0.454 e. The maximum atomic E-state index is 13.7. The van der Waals surface area contributed by atoms with Gasteiger partial charge in [0.05, 0.1) is 0 Å². The van der Waals surface area contributed by atoms with Crippen LogP contribution in [-0.4, -0.2) is 18.3 Å². The standard InChI is InChI=1S/C15H22F8/c1-4-9(2)10-5-7-11(8-6-10)12(3,14(18,19)20)13(16,17)15(21,22)23/h9-11H,4-8H2,1-3H3. The summed E-state index contributed by atoms with van der Waals surface area (Å²) in [6.07, 6.45) is -11.1. The fourth-order valence-corrected chi connectivity index (χ4v) is 3.56. The fourth-order valence-electron chi connectivity index (χ4n) is 3.56. The third kappa shape index (κ3) is 3.45. The summed E-state index contributed by atoms with van der Waals surface area (Å²) in [5.41, 5.74) is -4.10. The lowest BCUT2D eigenvalue weighted by Crippen LogP contribution is -2.61. The van der Waals surface area contributed by atoms with Crippen molar-refractivity contribution in [1.82, 2.24) is 0 Å². The summed E-state index contributed by atoms with van der Waals surface area (Å²) in [5, 5.41) is 0. The molecular weight excluding hydrogens is 332 g/mol. The Labute approximate surface area is 130 Å². The minimum absolute atomic E-state index is 0.0226. The van der Waals surface area contributed by atoms with E-state index in [2.05, 4.69) is 0 Å². The average molecular weight is 354 g/mol. The predicted molar refractivity (Wildman–Crippen MR) is 70.1 cm³/mol. The van der Waals surface area contributed by atoms with Gasteiger partial charge in [-0.3, -0.25) is 0 Å². The lowest BCUT2D eigenvalue weighted by molar-refractivity contribution is -0.394. The number of alkyl halides is 8. The molecule has 0 saturated heterocycles. The second-order valence-electron chi connectivity index (χ2n) is 6.77. The third-order valence-corrected chi connectivity index (χ3v) is 5.63. The molecule has 1 rings (SSSR count). The molecule has 0 aromatic heterocycles. The van der Waals surface area contributed by atoms with Gasteiger partial charge >= 0.3 is 18.3 Å². The Kier molecular flexibility index (Phi) is 5.69. The lowest BCUT2D eigenvalue weighted by Gasteiger charge is -2.47. The second kappa shape index (κ2) is 6.39. The zero-order valence-corrected chi connectivity index (χ0v) is 13.3. The molecular formula is C15H22F8. The van der Waals surface area contributed by atoms with Crippen molar-refractivity contribution >= 4 is 0 Å². The van der Waals surface area contributed by atoms with Crippen LogP contribution in [0.15, 0.2) is 0 Å². The normalized spacial score (nSPS) is 28.3. The minimum Gasteiger partial charge on any atom is -0.195 e. The first-order valence-electron chi connectivity index (χ1n) is 7.71. The number of hydrogen-bond donors (Lipinski definition) is 0. The lowest BCUT2D eigenvalue weighted by atomic mass is 9.62. The SMILES string of the molecule is CCC(C)C1CCC(C(C)(C(F)(F)F)C(F)(F)C(F)(F)F)CC1. The van der Waals surface area contributed by atoms with Crippen molar-refractivity contribution in [1.29, 1.82) is 0 Å². The molecule has 0 heterocycles. The van der Waals surface area contributed by atoms with Crippen LogP contribution in [-0.2, 0) is 0 Å². The van der Waals surface area contributed by atoms with Crippen LogP contribution in [0, 0.1) is 23.2 Å². The Morgan fingerprint density at radius 2 is 1.26 bits per heavy atom. The monoisotopic (exact) mass is 354 g/mol. The van der Waals surface area contributed by atoms with Gasteiger partial charge in [-0.25, -0.2) is 0 Å². The first-order valence-corrected chi connectivity index (χ1v) is 7.71. The van der Waals surface area contributed by atoms with Crippen LogP contribution in [0.4, 0.5) is 35.1 Å². The van der Waals surface area contributed by atoms with E-state index >= 15 is 0 Å². The molecule has 0 spiro atoms. The molecule has 2 unspecified atom stereocenters. The van der Waals surface area contributed by atoms with E-state index in [0.29, 0.717) is 0 Å². The summed E-state index contributed by atoms with van der Waals surface area (Å²) < 4.78 is 105. The maximum absolute atomic E-state index is 13.7. The Balaban J connectivity index is 3.12. The molecule has 0 bridgehead atoms. The maximum Gasteiger partial charge on any atom is 0.454 e. The highest BCUT2D eigenvalue weighted by Gasteiger charge is 2.78. The van der Waals surface area contributed by atoms with Crippen molar-refractivity contribution in [2.45, 2.75) is 71.2 Å². The molecule has 2 atom stereocenters. The van der Waals surface area contributed by atoms with E-state index in [1.54, 1.807) is 0 Å². The van der Waals surface area contributed by atoms with Crippen LogP contribution in [0.2, 0.25) is 0 Å². The highest BCUT2D eigenvalue weighted by molar-refractivity contribution is 5.04. The Bertz CT molecular complexity index is 389. The van der Waals surface area contributed by atoms with E-state index in [-0.39, 0.29) is 44.4 Å². The van der Waals surface area contributed by atoms with E-state index in [4.69, 9.17) is 0 Å². The summed E-state index contributed by atoms with van der Waals surface area (Å²) in [7, 11) is 0. The average Bonchev–Trinajstić information content (AvgIpc) is 2.43. The highest BCUT2D eigenvalue weighted by atomic mass is 19.4. The second-order valence-corrected chi connectivity index (χ2v) is 6.77. The van der Waals surface area contributed by atoms with Crippen molar-refractivity contribution in [3.05, 3.63) is 0 Å². The minimum atomic E-state index is -6.23. The zero-order chi connectivity index (χ0) is 18.3. The summed E-state index contributed by atoms with van der Waals surface area (Å²) >= 11 is 0. The van der Waals surface area contributed by atoms with E-state index in [1.165, 1.54) is 0 Å². The topological polar surface area (TPSA) is 0 Å². The Morgan fingerprint density at radius 1 is 0.826 bits per heavy atom. The van der Waals surface area contributed by atoms with E-state index in [9.17, 15) is 35.1 Å². The van der Waals surface area contributed by atoms with Crippen LogP contribution < -0.4 is 0 Å². The summed E-state index contributed by atoms with van der Waals surface area (Å²) in [4.78, 5) is 0. The van der Waals surface area contributed by atoms with Gasteiger partial charge in [0.2, 0.25) is 0 Å². The molecule has 1 aliphatic carbocycles. The summed E-state index contributed by atoms with van der Waals surface area (Å²) in [6, 6.07) is 0. The number of rotatable bonds is 4. The van der Waals surface area contributed by atoms with Crippen molar-refractivity contribution < 1.29 is 35.1 Å². The zero-order valence-electron chi connectivity index (χ0n) is 13.3. The van der Waals surface area contributed by atoms with Gasteiger partial charge in [0, 0.05) is 0 Å². The molecule has 0 aromatic rings. The molecule has 1 aliphatic rings. The molecule has 0 aromatic carbocycles. The smallest absolute Gasteiger partial charge is 0.195 e. The Hall–Kier alpha value is -0.560. The van der Waals surface area contributed by atoms with Crippen molar-refractivity contribution in [2.75, 3.05) is 0 Å². The van der Waals surface area contributed by atoms with Gasteiger partial charge in [0.15, 0.2) is 0 Å². The van der Waals surface area contributed by atoms with Crippen LogP contribution in [0.1, 0.15) is 52.9 Å². The van der Waals surface area contributed by atoms with E-state index in [1.807, 2.05) is 13.8 Å². The summed E-state index contributed by atoms with van der Waals surface area (Å²) in [5.74, 6) is -7.25.